The molecule has 0 amide bonds. The van der Waals surface area contributed by atoms with Gasteiger partial charge in [0.2, 0.25) is 0 Å². The van der Waals surface area contributed by atoms with E-state index in [2.05, 4.69) is 20.2 Å². The largest absolute Gasteiger partial charge is 0.466 e. The second-order valence-electron chi connectivity index (χ2n) is 5.69. The van der Waals surface area contributed by atoms with Crippen LogP contribution in [0.4, 0.5) is 0 Å². The van der Waals surface area contributed by atoms with E-state index in [9.17, 15) is 4.79 Å². The molecule has 3 rings (SSSR count). The molecule has 1 atom stereocenters. The molecule has 0 radical (unpaired) electrons. The van der Waals surface area contributed by atoms with Gasteiger partial charge in [0, 0.05) is 24.7 Å². The Kier molecular flexibility index (Phi) is 5.35. The highest BCUT2D eigenvalue weighted by atomic mass is 32.1. The van der Waals surface area contributed by atoms with E-state index in [1.165, 1.54) is 0 Å². The second-order valence-corrected chi connectivity index (χ2v) is 6.54. The lowest BCUT2D eigenvalue weighted by molar-refractivity contribution is -0.150. The number of nitrogens with zero attached hydrogens (tertiary/aromatic N) is 3. The van der Waals surface area contributed by atoms with Gasteiger partial charge in [0.05, 0.1) is 23.9 Å². The molecule has 6 heteroatoms. The Bertz CT molecular complexity index is 644. The van der Waals surface area contributed by atoms with Crippen LogP contribution in [0.15, 0.2) is 29.8 Å². The number of carbonyl (C=O) groups excluding carboxylic acids is 1. The van der Waals surface area contributed by atoms with Gasteiger partial charge in [-0.1, -0.05) is 6.07 Å². The van der Waals surface area contributed by atoms with Crippen molar-refractivity contribution < 1.29 is 9.53 Å². The molecule has 1 fully saturated rings. The first-order chi connectivity index (χ1) is 11.3. The average molecular weight is 331 g/mol. The summed E-state index contributed by atoms with van der Waals surface area (Å²) in [5.41, 5.74) is 1.95. The van der Waals surface area contributed by atoms with E-state index in [1.54, 1.807) is 17.5 Å². The fraction of sp³-hybridized carbons (Fsp3) is 0.471. The molecule has 1 aliphatic heterocycles. The number of pyridine rings is 1. The Hall–Kier alpha value is -1.79. The van der Waals surface area contributed by atoms with Crippen LogP contribution in [-0.2, 0) is 16.1 Å². The monoisotopic (exact) mass is 331 g/mol. The third-order valence-electron chi connectivity index (χ3n) is 3.95. The lowest BCUT2D eigenvalue weighted by Gasteiger charge is -2.30. The first kappa shape index (κ1) is 16.1. The maximum Gasteiger partial charge on any atom is 0.310 e. The van der Waals surface area contributed by atoms with Crippen LogP contribution >= 0.6 is 11.3 Å². The Morgan fingerprint density at radius 3 is 3.17 bits per heavy atom. The summed E-state index contributed by atoms with van der Waals surface area (Å²) in [6, 6.07) is 5.85. The number of carbonyl (C=O) groups is 1. The zero-order chi connectivity index (χ0) is 16.1. The Balaban J connectivity index is 1.61. The van der Waals surface area contributed by atoms with Crippen molar-refractivity contribution in [1.82, 2.24) is 14.9 Å². The smallest absolute Gasteiger partial charge is 0.310 e. The summed E-state index contributed by atoms with van der Waals surface area (Å²) >= 11 is 1.61. The number of aromatic nitrogens is 2. The summed E-state index contributed by atoms with van der Waals surface area (Å²) in [5.74, 6) is -0.0674. The molecule has 3 heterocycles. The van der Waals surface area contributed by atoms with Gasteiger partial charge in [-0.15, -0.1) is 11.3 Å². The van der Waals surface area contributed by atoms with E-state index in [4.69, 9.17) is 4.74 Å². The van der Waals surface area contributed by atoms with Crippen molar-refractivity contribution in [1.29, 1.82) is 0 Å². The van der Waals surface area contributed by atoms with Crippen LogP contribution in [0.1, 0.15) is 25.5 Å². The van der Waals surface area contributed by atoms with E-state index in [1.807, 2.05) is 25.1 Å². The molecule has 1 aliphatic rings. The van der Waals surface area contributed by atoms with Crippen molar-refractivity contribution in [3.63, 3.8) is 0 Å². The van der Waals surface area contributed by atoms with Gasteiger partial charge in [0.1, 0.15) is 5.01 Å². The predicted octanol–water partition coefficient (Wildman–Crippen LogP) is 2.98. The molecule has 0 bridgehead atoms. The van der Waals surface area contributed by atoms with Crippen LogP contribution in [0.2, 0.25) is 0 Å². The molecule has 5 nitrogen and oxygen atoms in total. The Morgan fingerprint density at radius 2 is 2.39 bits per heavy atom. The molecule has 0 aliphatic carbocycles. The minimum atomic E-state index is -0.0651. The molecule has 2 aromatic heterocycles. The van der Waals surface area contributed by atoms with E-state index in [0.717, 1.165) is 48.9 Å². The van der Waals surface area contributed by atoms with Gasteiger partial charge in [0.25, 0.3) is 0 Å². The fourth-order valence-electron chi connectivity index (χ4n) is 2.87. The van der Waals surface area contributed by atoms with Crippen LogP contribution in [0.5, 0.6) is 0 Å². The Labute approximate surface area is 140 Å². The SMILES string of the molecule is CCOC(=O)[C@@H]1CCCN(Cc2csc(-c3ccccn3)n2)C1. The molecule has 0 N–H and O–H groups in total. The molecule has 122 valence electrons. The fourth-order valence-corrected chi connectivity index (χ4v) is 3.65. The van der Waals surface area contributed by atoms with Gasteiger partial charge in [-0.3, -0.25) is 14.7 Å². The third-order valence-corrected chi connectivity index (χ3v) is 4.86. The highest BCUT2D eigenvalue weighted by Gasteiger charge is 2.27. The number of esters is 1. The van der Waals surface area contributed by atoms with Gasteiger partial charge >= 0.3 is 5.97 Å². The highest BCUT2D eigenvalue weighted by molar-refractivity contribution is 7.13. The quantitative estimate of drug-likeness (QED) is 0.789. The summed E-state index contributed by atoms with van der Waals surface area (Å²) in [6.07, 6.45) is 3.73. The lowest BCUT2D eigenvalue weighted by Crippen LogP contribution is -2.39. The van der Waals surface area contributed by atoms with E-state index in [-0.39, 0.29) is 11.9 Å². The van der Waals surface area contributed by atoms with Gasteiger partial charge in [-0.2, -0.15) is 0 Å². The molecule has 2 aromatic rings. The lowest BCUT2D eigenvalue weighted by atomic mass is 9.98. The Morgan fingerprint density at radius 1 is 1.48 bits per heavy atom. The first-order valence-electron chi connectivity index (χ1n) is 8.01. The van der Waals surface area contributed by atoms with E-state index < -0.39 is 0 Å². The summed E-state index contributed by atoms with van der Waals surface area (Å²) < 4.78 is 5.15. The van der Waals surface area contributed by atoms with Gasteiger partial charge in [-0.05, 0) is 38.4 Å². The minimum absolute atomic E-state index is 0.00223. The number of piperidine rings is 1. The van der Waals surface area contributed by atoms with Crippen molar-refractivity contribution >= 4 is 17.3 Å². The number of hydrogen-bond acceptors (Lipinski definition) is 6. The number of thiazole rings is 1. The van der Waals surface area contributed by atoms with Crippen molar-refractivity contribution in [2.45, 2.75) is 26.3 Å². The van der Waals surface area contributed by atoms with Gasteiger partial charge in [-0.25, -0.2) is 4.98 Å². The maximum absolute atomic E-state index is 11.9. The number of rotatable bonds is 5. The zero-order valence-electron chi connectivity index (χ0n) is 13.3. The van der Waals surface area contributed by atoms with E-state index in [0.29, 0.717) is 6.61 Å². The maximum atomic E-state index is 11.9. The van der Waals surface area contributed by atoms with Crippen LogP contribution in [0, 0.1) is 5.92 Å². The summed E-state index contributed by atoms with van der Waals surface area (Å²) in [4.78, 5) is 23.2. The number of likely N-dealkylation sites (tertiary alicyclic amines) is 1. The average Bonchev–Trinajstić information content (AvgIpc) is 3.05. The third kappa shape index (κ3) is 4.14. The van der Waals surface area contributed by atoms with Crippen molar-refractivity contribution in [2.24, 2.45) is 5.92 Å². The molecular weight excluding hydrogens is 310 g/mol. The zero-order valence-corrected chi connectivity index (χ0v) is 14.1. The van der Waals surface area contributed by atoms with Crippen LogP contribution in [-0.4, -0.2) is 40.5 Å². The minimum Gasteiger partial charge on any atom is -0.466 e. The summed E-state index contributed by atoms with van der Waals surface area (Å²) in [5, 5.41) is 3.03. The van der Waals surface area contributed by atoms with Crippen molar-refractivity contribution in [3.8, 4) is 10.7 Å². The molecule has 1 saturated heterocycles. The normalized spacial score (nSPS) is 18.7. The summed E-state index contributed by atoms with van der Waals surface area (Å²) in [7, 11) is 0. The van der Waals surface area contributed by atoms with Crippen LogP contribution < -0.4 is 0 Å². The molecule has 0 spiro atoms. The van der Waals surface area contributed by atoms with Gasteiger partial charge < -0.3 is 4.74 Å². The van der Waals surface area contributed by atoms with Crippen molar-refractivity contribution in [3.05, 3.63) is 35.5 Å². The van der Waals surface area contributed by atoms with Crippen LogP contribution in [0.3, 0.4) is 0 Å². The number of hydrogen-bond donors (Lipinski definition) is 0. The molecule has 0 unspecified atom stereocenters. The van der Waals surface area contributed by atoms with Crippen molar-refractivity contribution in [2.75, 3.05) is 19.7 Å². The summed E-state index contributed by atoms with van der Waals surface area (Å²) in [6.45, 7) is 4.85. The first-order valence-corrected chi connectivity index (χ1v) is 8.89. The van der Waals surface area contributed by atoms with Crippen LogP contribution in [0.25, 0.3) is 10.7 Å². The number of ether oxygens (including phenoxy) is 1. The van der Waals surface area contributed by atoms with E-state index >= 15 is 0 Å². The predicted molar refractivity (Wildman–Crippen MR) is 90.0 cm³/mol. The molecule has 23 heavy (non-hydrogen) atoms. The molecule has 0 saturated carbocycles. The highest BCUT2D eigenvalue weighted by Crippen LogP contribution is 2.24. The standard InChI is InChI=1S/C17H21N3O2S/c1-2-22-17(21)13-6-5-9-20(10-13)11-14-12-23-16(19-14)15-7-3-4-8-18-15/h3-4,7-8,12-13H,2,5-6,9-11H2,1H3/t13-/m1/s1. The molecule has 0 aromatic carbocycles. The second kappa shape index (κ2) is 7.66. The molecular formula is C17H21N3O2S. The topological polar surface area (TPSA) is 55.3 Å². The van der Waals surface area contributed by atoms with Gasteiger partial charge in [0.15, 0.2) is 0 Å².